The Labute approximate surface area is 200 Å². The summed E-state index contributed by atoms with van der Waals surface area (Å²) in [7, 11) is 0. The number of rotatable bonds is 5. The highest BCUT2D eigenvalue weighted by atomic mass is 19.1. The van der Waals surface area contributed by atoms with Gasteiger partial charge in [-0.05, 0) is 70.2 Å². The maximum absolute atomic E-state index is 13.6. The van der Waals surface area contributed by atoms with Crippen LogP contribution >= 0.6 is 0 Å². The lowest BCUT2D eigenvalue weighted by Crippen LogP contribution is -2.44. The molecule has 1 N–H and O–H groups in total. The summed E-state index contributed by atoms with van der Waals surface area (Å²) in [5, 5.41) is 8.74. The van der Waals surface area contributed by atoms with Gasteiger partial charge >= 0.3 is 0 Å². The first kappa shape index (κ1) is 24.3. The van der Waals surface area contributed by atoms with E-state index < -0.39 is 0 Å². The molecule has 1 amide bonds. The molecule has 1 aromatic carbocycles. The minimum atomic E-state index is -0.292. The first-order valence-electron chi connectivity index (χ1n) is 12.0. The molecule has 0 aliphatic carbocycles. The van der Waals surface area contributed by atoms with Crippen molar-refractivity contribution in [3.05, 3.63) is 58.7 Å². The van der Waals surface area contributed by atoms with Crippen molar-refractivity contribution in [2.24, 2.45) is 0 Å². The third kappa shape index (κ3) is 4.58. The molecule has 182 valence electrons. The molecular weight excluding hydrogens is 431 g/mol. The molecule has 2 aromatic heterocycles. The molecule has 3 aromatic rings. The number of pyridine rings is 1. The summed E-state index contributed by atoms with van der Waals surface area (Å²) in [5.74, 6) is -0.235. The molecule has 7 heteroatoms. The van der Waals surface area contributed by atoms with E-state index in [1.54, 1.807) is 0 Å². The summed E-state index contributed by atoms with van der Waals surface area (Å²) in [6.07, 6.45) is 1.53. The Morgan fingerprint density at radius 3 is 2.44 bits per heavy atom. The first-order valence-corrected chi connectivity index (χ1v) is 12.0. The molecule has 0 bridgehead atoms. The van der Waals surface area contributed by atoms with Gasteiger partial charge in [-0.15, -0.1) is 0 Å². The van der Waals surface area contributed by atoms with Crippen LogP contribution in [-0.2, 0) is 15.7 Å². The zero-order chi connectivity index (χ0) is 24.7. The fourth-order valence-corrected chi connectivity index (χ4v) is 4.73. The average molecular weight is 467 g/mol. The van der Waals surface area contributed by atoms with Gasteiger partial charge in [0.2, 0.25) is 0 Å². The lowest BCUT2D eigenvalue weighted by Gasteiger charge is -2.38. The number of hydrogen-bond acceptors (Lipinski definition) is 4. The fraction of sp³-hybridized carbons (Fsp3) is 0.519. The largest absolute Gasteiger partial charge is 0.381 e. The van der Waals surface area contributed by atoms with Crippen LogP contribution in [0.1, 0.15) is 80.7 Å². The second kappa shape index (κ2) is 9.10. The van der Waals surface area contributed by atoms with Gasteiger partial charge in [0.05, 0.1) is 22.2 Å². The van der Waals surface area contributed by atoms with E-state index in [1.165, 1.54) is 12.1 Å². The Morgan fingerprint density at radius 2 is 1.85 bits per heavy atom. The van der Waals surface area contributed by atoms with Crippen LogP contribution in [0.3, 0.4) is 0 Å². The van der Waals surface area contributed by atoms with E-state index in [9.17, 15) is 9.18 Å². The molecule has 0 spiro atoms. The number of ether oxygens (including phenoxy) is 1. The van der Waals surface area contributed by atoms with E-state index >= 15 is 0 Å². The highest BCUT2D eigenvalue weighted by Crippen LogP contribution is 2.35. The van der Waals surface area contributed by atoms with Crippen molar-refractivity contribution in [1.82, 2.24) is 20.1 Å². The number of aromatic nitrogens is 3. The van der Waals surface area contributed by atoms with Crippen LogP contribution in [0.5, 0.6) is 0 Å². The van der Waals surface area contributed by atoms with Crippen LogP contribution < -0.4 is 5.32 Å². The van der Waals surface area contributed by atoms with Crippen LogP contribution in [0.15, 0.2) is 30.3 Å². The number of carbonyl (C=O) groups is 1. The van der Waals surface area contributed by atoms with E-state index in [0.717, 1.165) is 40.8 Å². The summed E-state index contributed by atoms with van der Waals surface area (Å²) >= 11 is 0. The number of fused-ring (bicyclic) bond motifs is 1. The number of nitrogens with zero attached hydrogens (tertiary/aromatic N) is 3. The molecule has 0 unspecified atom stereocenters. The van der Waals surface area contributed by atoms with Gasteiger partial charge in [-0.1, -0.05) is 26.0 Å². The Bertz CT molecular complexity index is 1190. The molecule has 1 aliphatic rings. The van der Waals surface area contributed by atoms with Gasteiger partial charge < -0.3 is 10.1 Å². The lowest BCUT2D eigenvalue weighted by molar-refractivity contribution is 0.0487. The van der Waals surface area contributed by atoms with Gasteiger partial charge in [-0.3, -0.25) is 4.79 Å². The normalized spacial score (nSPS) is 16.2. The summed E-state index contributed by atoms with van der Waals surface area (Å²) in [5.41, 5.74) is 3.46. The van der Waals surface area contributed by atoms with E-state index in [4.69, 9.17) is 14.8 Å². The maximum atomic E-state index is 13.6. The lowest BCUT2D eigenvalue weighted by atomic mass is 9.74. The van der Waals surface area contributed by atoms with E-state index in [1.807, 2.05) is 29.8 Å². The zero-order valence-corrected chi connectivity index (χ0v) is 21.0. The molecule has 3 heterocycles. The number of carbonyl (C=O) groups excluding carboxylic acids is 1. The van der Waals surface area contributed by atoms with Crippen molar-refractivity contribution >= 4 is 16.9 Å². The summed E-state index contributed by atoms with van der Waals surface area (Å²) in [4.78, 5) is 18.5. The zero-order valence-electron chi connectivity index (χ0n) is 21.0. The predicted octanol–water partition coefficient (Wildman–Crippen LogP) is 5.24. The Kier molecular flexibility index (Phi) is 6.51. The van der Waals surface area contributed by atoms with Gasteiger partial charge in [-0.25, -0.2) is 14.1 Å². The Balaban J connectivity index is 1.72. The van der Waals surface area contributed by atoms with Crippen molar-refractivity contribution in [2.45, 2.75) is 71.3 Å². The van der Waals surface area contributed by atoms with Crippen molar-refractivity contribution < 1.29 is 13.9 Å². The average Bonchev–Trinajstić information content (AvgIpc) is 3.15. The van der Waals surface area contributed by atoms with Crippen molar-refractivity contribution in [3.8, 4) is 0 Å². The predicted molar refractivity (Wildman–Crippen MR) is 132 cm³/mol. The number of amides is 1. The molecule has 34 heavy (non-hydrogen) atoms. The van der Waals surface area contributed by atoms with Crippen LogP contribution in [-0.4, -0.2) is 40.4 Å². The maximum Gasteiger partial charge on any atom is 0.252 e. The SMILES string of the molecule is Cc1nn(C(C)(C)C)c2nc(C(C)C)cc(C(=O)NCC3(c4ccc(F)cc4)CCOCC3)c12. The molecule has 0 saturated carbocycles. The minimum absolute atomic E-state index is 0.140. The standard InChI is InChI=1S/C27H35FN4O2/c1-17(2)22-15-21(23-18(3)31-32(24(23)30-22)26(4,5)6)25(33)29-16-27(11-13-34-14-12-27)19-7-9-20(28)10-8-19/h7-10,15,17H,11-14,16H2,1-6H3,(H,29,33). The number of aryl methyl sites for hydroxylation is 1. The van der Waals surface area contributed by atoms with Crippen molar-refractivity contribution in [1.29, 1.82) is 0 Å². The van der Waals surface area contributed by atoms with Gasteiger partial charge in [-0.2, -0.15) is 5.10 Å². The van der Waals surface area contributed by atoms with Gasteiger partial charge in [0.15, 0.2) is 5.65 Å². The molecule has 0 atom stereocenters. The molecular formula is C27H35FN4O2. The third-order valence-corrected chi connectivity index (χ3v) is 6.80. The topological polar surface area (TPSA) is 69.0 Å². The highest BCUT2D eigenvalue weighted by molar-refractivity contribution is 6.06. The number of benzene rings is 1. The van der Waals surface area contributed by atoms with Crippen LogP contribution in [0, 0.1) is 12.7 Å². The van der Waals surface area contributed by atoms with Crippen LogP contribution in [0.4, 0.5) is 4.39 Å². The van der Waals surface area contributed by atoms with Crippen molar-refractivity contribution in [2.75, 3.05) is 19.8 Å². The van der Waals surface area contributed by atoms with E-state index in [2.05, 4.69) is 39.9 Å². The highest BCUT2D eigenvalue weighted by Gasteiger charge is 2.35. The second-order valence-electron chi connectivity index (χ2n) is 10.7. The van der Waals surface area contributed by atoms with Crippen molar-refractivity contribution in [3.63, 3.8) is 0 Å². The van der Waals surface area contributed by atoms with E-state index in [-0.39, 0.29) is 28.6 Å². The Morgan fingerprint density at radius 1 is 1.21 bits per heavy atom. The molecule has 1 aliphatic heterocycles. The first-order chi connectivity index (χ1) is 16.0. The molecule has 1 saturated heterocycles. The monoisotopic (exact) mass is 466 g/mol. The quantitative estimate of drug-likeness (QED) is 0.559. The number of halogens is 1. The van der Waals surface area contributed by atoms with Gasteiger partial charge in [0.25, 0.3) is 5.91 Å². The number of nitrogens with one attached hydrogen (secondary N) is 1. The molecule has 4 rings (SSSR count). The summed E-state index contributed by atoms with van der Waals surface area (Å²) in [6.45, 7) is 14.0. The van der Waals surface area contributed by atoms with Crippen LogP contribution in [0.25, 0.3) is 11.0 Å². The second-order valence-corrected chi connectivity index (χ2v) is 10.7. The number of hydrogen-bond donors (Lipinski definition) is 1. The van der Waals surface area contributed by atoms with Gasteiger partial charge in [0, 0.05) is 30.9 Å². The smallest absolute Gasteiger partial charge is 0.252 e. The third-order valence-electron chi connectivity index (χ3n) is 6.80. The summed E-state index contributed by atoms with van der Waals surface area (Å²) in [6, 6.07) is 8.52. The Hall–Kier alpha value is -2.80. The van der Waals surface area contributed by atoms with Crippen LogP contribution in [0.2, 0.25) is 0 Å². The molecule has 1 fully saturated rings. The fourth-order valence-electron chi connectivity index (χ4n) is 4.73. The van der Waals surface area contributed by atoms with Gasteiger partial charge in [0.1, 0.15) is 5.82 Å². The molecule has 0 radical (unpaired) electrons. The molecule has 6 nitrogen and oxygen atoms in total. The minimum Gasteiger partial charge on any atom is -0.381 e. The summed E-state index contributed by atoms with van der Waals surface area (Å²) < 4.78 is 21.1. The van der Waals surface area contributed by atoms with E-state index in [0.29, 0.717) is 25.3 Å².